The first-order chi connectivity index (χ1) is 15.2. The minimum atomic E-state index is -1.67. The summed E-state index contributed by atoms with van der Waals surface area (Å²) in [6, 6.07) is -3.15. The summed E-state index contributed by atoms with van der Waals surface area (Å²) in [5.74, 6) is -6.75. The predicted octanol–water partition coefficient (Wildman–Crippen LogP) is 0.720. The van der Waals surface area contributed by atoms with Gasteiger partial charge in [0.25, 0.3) is 0 Å². The Morgan fingerprint density at radius 2 is 1.72 bits per heavy atom. The predicted molar refractivity (Wildman–Crippen MR) is 106 cm³/mol. The number of nitrogens with one attached hydrogen (secondary N) is 2. The second kappa shape index (κ2) is 8.28. The van der Waals surface area contributed by atoms with Gasteiger partial charge in [-0.05, 0) is 20.3 Å². The van der Waals surface area contributed by atoms with E-state index in [4.69, 9.17) is 0 Å². The topological polar surface area (TPSA) is 98.8 Å². The number of benzene rings is 1. The molecule has 8 nitrogen and oxygen atoms in total. The molecule has 0 saturated carbocycles. The number of carbonyl (C=O) groups is 4. The molecule has 0 aromatic heterocycles. The van der Waals surface area contributed by atoms with Gasteiger partial charge in [-0.2, -0.15) is 0 Å². The van der Waals surface area contributed by atoms with E-state index in [2.05, 4.69) is 10.6 Å². The van der Waals surface area contributed by atoms with Crippen molar-refractivity contribution in [1.29, 1.82) is 0 Å². The molecule has 0 aliphatic carbocycles. The number of aldehydes is 1. The highest BCUT2D eigenvalue weighted by Gasteiger charge is 2.48. The lowest BCUT2D eigenvalue weighted by Gasteiger charge is -2.43. The van der Waals surface area contributed by atoms with E-state index < -0.39 is 47.1 Å². The zero-order valence-corrected chi connectivity index (χ0v) is 17.6. The Hall–Kier alpha value is -2.79. The first-order valence-electron chi connectivity index (χ1n) is 10.4. The summed E-state index contributed by atoms with van der Waals surface area (Å²) in [5, 5.41) is 5.32. The summed E-state index contributed by atoms with van der Waals surface area (Å²) in [5.41, 5.74) is -0.666. The van der Waals surface area contributed by atoms with Gasteiger partial charge in [-0.1, -0.05) is 0 Å². The molecule has 11 heteroatoms. The van der Waals surface area contributed by atoms with Crippen molar-refractivity contribution in [3.8, 4) is 0 Å². The van der Waals surface area contributed by atoms with E-state index in [1.54, 1.807) is 18.7 Å². The molecule has 3 aliphatic heterocycles. The van der Waals surface area contributed by atoms with Gasteiger partial charge in [-0.25, -0.2) is 13.2 Å². The maximum atomic E-state index is 15.3. The van der Waals surface area contributed by atoms with Crippen LogP contribution in [0.4, 0.5) is 18.9 Å². The zero-order chi connectivity index (χ0) is 23.3. The quantitative estimate of drug-likeness (QED) is 0.301. The number of Topliss-reactive ketones (excluding diaryl/α,β-unsaturated/α-hetero) is 1. The first kappa shape index (κ1) is 22.4. The number of imide groups is 1. The van der Waals surface area contributed by atoms with Gasteiger partial charge in [0.05, 0.1) is 11.7 Å². The maximum Gasteiger partial charge on any atom is 0.243 e. The van der Waals surface area contributed by atoms with Gasteiger partial charge in [0.1, 0.15) is 6.04 Å². The van der Waals surface area contributed by atoms with Crippen molar-refractivity contribution in [2.45, 2.75) is 57.4 Å². The van der Waals surface area contributed by atoms with Crippen LogP contribution in [0.25, 0.3) is 0 Å². The molecule has 4 rings (SSSR count). The van der Waals surface area contributed by atoms with Gasteiger partial charge >= 0.3 is 0 Å². The highest BCUT2D eigenvalue weighted by atomic mass is 19.2. The molecule has 3 aliphatic rings. The Balaban J connectivity index is 1.91. The van der Waals surface area contributed by atoms with Crippen molar-refractivity contribution in [2.24, 2.45) is 0 Å². The SMILES string of the molecule is CC1CNCC(C)N1c1c(F)c(F)c(F)c2c1C(C(=O)C=O)N(C1CCC(=O)NC1=O)C2. The summed E-state index contributed by atoms with van der Waals surface area (Å²) in [7, 11) is 0. The number of fused-ring (bicyclic) bond motifs is 1. The first-order valence-corrected chi connectivity index (χ1v) is 10.4. The lowest BCUT2D eigenvalue weighted by molar-refractivity contribution is -0.141. The summed E-state index contributed by atoms with van der Waals surface area (Å²) < 4.78 is 44.9. The van der Waals surface area contributed by atoms with Gasteiger partial charge < -0.3 is 10.2 Å². The van der Waals surface area contributed by atoms with Crippen LogP contribution in [0.1, 0.15) is 43.9 Å². The maximum absolute atomic E-state index is 15.3. The number of anilines is 1. The number of rotatable bonds is 4. The Morgan fingerprint density at radius 3 is 2.31 bits per heavy atom. The van der Waals surface area contributed by atoms with Gasteiger partial charge in [0, 0.05) is 49.3 Å². The zero-order valence-electron chi connectivity index (χ0n) is 17.6. The fraction of sp³-hybridized carbons (Fsp3) is 0.524. The number of carbonyl (C=O) groups excluding carboxylic acids is 4. The molecule has 172 valence electrons. The fourth-order valence-electron chi connectivity index (χ4n) is 5.09. The number of halogens is 3. The lowest BCUT2D eigenvalue weighted by Crippen LogP contribution is -2.56. The van der Waals surface area contributed by atoms with E-state index in [1.807, 2.05) is 0 Å². The van der Waals surface area contributed by atoms with Crippen LogP contribution >= 0.6 is 0 Å². The number of hydrogen-bond donors (Lipinski definition) is 2. The number of ketones is 1. The minimum absolute atomic E-state index is 0.0187. The summed E-state index contributed by atoms with van der Waals surface area (Å²) in [6.45, 7) is 4.07. The van der Waals surface area contributed by atoms with Crippen LogP contribution in [-0.2, 0) is 25.7 Å². The molecule has 0 spiro atoms. The highest BCUT2D eigenvalue weighted by Crippen LogP contribution is 2.47. The smallest absolute Gasteiger partial charge is 0.243 e. The average Bonchev–Trinajstić information content (AvgIpc) is 3.13. The van der Waals surface area contributed by atoms with Crippen molar-refractivity contribution in [3.63, 3.8) is 0 Å². The van der Waals surface area contributed by atoms with Crippen molar-refractivity contribution >= 4 is 29.6 Å². The molecule has 1 aromatic rings. The van der Waals surface area contributed by atoms with E-state index in [9.17, 15) is 28.0 Å². The molecular formula is C21H23F3N4O4. The van der Waals surface area contributed by atoms with E-state index in [-0.39, 0.29) is 54.6 Å². The Kier molecular flexibility index (Phi) is 5.80. The summed E-state index contributed by atoms with van der Waals surface area (Å²) in [6.07, 6.45) is 0.0467. The largest absolute Gasteiger partial charge is 0.361 e. The van der Waals surface area contributed by atoms with E-state index in [0.717, 1.165) is 0 Å². The van der Waals surface area contributed by atoms with Crippen LogP contribution in [0.15, 0.2) is 0 Å². The normalized spacial score (nSPS) is 28.5. The van der Waals surface area contributed by atoms with Crippen LogP contribution in [0, 0.1) is 17.5 Å². The van der Waals surface area contributed by atoms with Gasteiger partial charge in [0.15, 0.2) is 23.7 Å². The third-order valence-corrected chi connectivity index (χ3v) is 6.47. The molecule has 2 fully saturated rings. The van der Waals surface area contributed by atoms with Crippen molar-refractivity contribution in [2.75, 3.05) is 18.0 Å². The molecule has 32 heavy (non-hydrogen) atoms. The molecular weight excluding hydrogens is 429 g/mol. The number of nitrogens with zero attached hydrogens (tertiary/aromatic N) is 2. The van der Waals surface area contributed by atoms with Crippen LogP contribution in [0.2, 0.25) is 0 Å². The summed E-state index contributed by atoms with van der Waals surface area (Å²) >= 11 is 0. The third kappa shape index (κ3) is 3.39. The number of amides is 2. The molecule has 1 aromatic carbocycles. The van der Waals surface area contributed by atoms with Crippen molar-refractivity contribution < 1.29 is 32.3 Å². The summed E-state index contributed by atoms with van der Waals surface area (Å²) in [4.78, 5) is 51.1. The Labute approximate surface area is 182 Å². The third-order valence-electron chi connectivity index (χ3n) is 6.47. The van der Waals surface area contributed by atoms with Gasteiger partial charge in [-0.3, -0.25) is 29.4 Å². The van der Waals surface area contributed by atoms with Crippen molar-refractivity contribution in [3.05, 3.63) is 28.6 Å². The fourth-order valence-corrected chi connectivity index (χ4v) is 5.09. The molecule has 0 bridgehead atoms. The molecule has 2 N–H and O–H groups in total. The minimum Gasteiger partial charge on any atom is -0.361 e. The number of hydrogen-bond acceptors (Lipinski definition) is 7. The molecule has 4 unspecified atom stereocenters. The van der Waals surface area contributed by atoms with E-state index in [1.165, 1.54) is 4.90 Å². The van der Waals surface area contributed by atoms with Crippen LogP contribution in [-0.4, -0.2) is 60.0 Å². The Bertz CT molecular complexity index is 1010. The van der Waals surface area contributed by atoms with Gasteiger partial charge in [0.2, 0.25) is 17.6 Å². The number of piperazine rings is 1. The van der Waals surface area contributed by atoms with E-state index in [0.29, 0.717) is 13.1 Å². The van der Waals surface area contributed by atoms with Gasteiger partial charge in [-0.15, -0.1) is 0 Å². The van der Waals surface area contributed by atoms with Crippen LogP contribution in [0.5, 0.6) is 0 Å². The standard InChI is InChI=1S/C21H23F3N4O4/c1-9-5-25-6-10(2)28(9)20-15-11(16(22)17(23)18(20)24)7-27(19(15)13(30)8-29)12-3-4-14(31)26-21(12)32/h8-10,12,19,25H,3-7H2,1-2H3,(H,26,31,32). The highest BCUT2D eigenvalue weighted by molar-refractivity contribution is 6.28. The second-order valence-corrected chi connectivity index (χ2v) is 8.51. The Morgan fingerprint density at radius 1 is 1.06 bits per heavy atom. The van der Waals surface area contributed by atoms with E-state index >= 15 is 4.39 Å². The molecule has 3 heterocycles. The lowest BCUT2D eigenvalue weighted by atomic mass is 9.94. The van der Waals surface area contributed by atoms with Crippen LogP contribution in [0.3, 0.4) is 0 Å². The second-order valence-electron chi connectivity index (χ2n) is 8.51. The molecule has 2 amide bonds. The molecule has 2 saturated heterocycles. The van der Waals surface area contributed by atoms with Crippen molar-refractivity contribution in [1.82, 2.24) is 15.5 Å². The molecule has 0 radical (unpaired) electrons. The monoisotopic (exact) mass is 452 g/mol. The van der Waals surface area contributed by atoms with Crippen LogP contribution < -0.4 is 15.5 Å². The average molecular weight is 452 g/mol. The molecule has 4 atom stereocenters. The number of piperidine rings is 1.